The highest BCUT2D eigenvalue weighted by Gasteiger charge is 2.53. The first-order chi connectivity index (χ1) is 13.6. The average molecular weight is 399 g/mol. The first kappa shape index (κ1) is 17.5. The molecule has 2 aromatic rings. The zero-order valence-corrected chi connectivity index (χ0v) is 16.0. The van der Waals surface area contributed by atoms with Crippen molar-refractivity contribution in [2.24, 2.45) is 5.92 Å². The lowest BCUT2D eigenvalue weighted by Gasteiger charge is -2.35. The number of rotatable bonds is 2. The van der Waals surface area contributed by atoms with Crippen molar-refractivity contribution < 1.29 is 18.7 Å². The van der Waals surface area contributed by atoms with Crippen molar-refractivity contribution >= 4 is 28.2 Å². The summed E-state index contributed by atoms with van der Waals surface area (Å²) < 4.78 is 20.8. The maximum Gasteiger partial charge on any atom is 0.296 e. The van der Waals surface area contributed by atoms with Crippen LogP contribution < -0.4 is 4.90 Å². The number of fused-ring (bicyclic) bond motifs is 1. The fourth-order valence-corrected chi connectivity index (χ4v) is 5.13. The van der Waals surface area contributed by atoms with E-state index in [0.29, 0.717) is 10.1 Å². The molecule has 1 saturated carbocycles. The third-order valence-corrected chi connectivity index (χ3v) is 6.52. The summed E-state index contributed by atoms with van der Waals surface area (Å²) in [7, 11) is 0. The van der Waals surface area contributed by atoms with Gasteiger partial charge in [-0.3, -0.25) is 14.5 Å². The summed E-state index contributed by atoms with van der Waals surface area (Å²) >= 11 is 1.23. The minimum Gasteiger partial charge on any atom is -0.483 e. The molecule has 8 heteroatoms. The predicted octanol–water partition coefficient (Wildman–Crippen LogP) is 3.49. The van der Waals surface area contributed by atoms with Gasteiger partial charge in [0.05, 0.1) is 11.5 Å². The van der Waals surface area contributed by atoms with Crippen molar-refractivity contribution in [2.75, 3.05) is 4.90 Å². The maximum atomic E-state index is 14.7. The summed E-state index contributed by atoms with van der Waals surface area (Å²) in [6.07, 6.45) is 3.14. The molecule has 6 nitrogen and oxygen atoms in total. The Labute approximate surface area is 165 Å². The van der Waals surface area contributed by atoms with E-state index in [9.17, 15) is 14.0 Å². The summed E-state index contributed by atoms with van der Waals surface area (Å²) in [5.41, 5.74) is 0.519. The number of aromatic nitrogens is 2. The Morgan fingerprint density at radius 2 is 1.96 bits per heavy atom. The number of carbonyl (C=O) groups is 2. The molecule has 0 radical (unpaired) electrons. The smallest absolute Gasteiger partial charge is 0.296 e. The molecular formula is C20H18FN3O3S. The number of benzene rings is 1. The Morgan fingerprint density at radius 1 is 1.18 bits per heavy atom. The highest BCUT2D eigenvalue weighted by Crippen LogP contribution is 2.48. The minimum atomic E-state index is -0.883. The van der Waals surface area contributed by atoms with Crippen molar-refractivity contribution in [3.05, 3.63) is 52.0 Å². The molecule has 1 aromatic carbocycles. The van der Waals surface area contributed by atoms with Gasteiger partial charge in [0, 0.05) is 5.56 Å². The number of ketones is 1. The van der Waals surface area contributed by atoms with Crippen LogP contribution in [0.3, 0.4) is 0 Å². The molecule has 144 valence electrons. The molecule has 3 unspecified atom stereocenters. The molecule has 1 amide bonds. The first-order valence-corrected chi connectivity index (χ1v) is 10.2. The number of hydrogen-bond acceptors (Lipinski definition) is 6. The van der Waals surface area contributed by atoms with Gasteiger partial charge in [-0.25, -0.2) is 4.39 Å². The van der Waals surface area contributed by atoms with Crippen LogP contribution in [0.1, 0.15) is 42.3 Å². The van der Waals surface area contributed by atoms with E-state index < -0.39 is 17.8 Å². The summed E-state index contributed by atoms with van der Waals surface area (Å²) in [6.45, 7) is 1.78. The number of halogens is 1. The summed E-state index contributed by atoms with van der Waals surface area (Å²) in [6, 6.07) is 5.33. The van der Waals surface area contributed by atoms with E-state index in [1.165, 1.54) is 22.3 Å². The molecule has 1 aliphatic carbocycles. The molecule has 3 heterocycles. The van der Waals surface area contributed by atoms with Crippen LogP contribution in [0, 0.1) is 18.7 Å². The van der Waals surface area contributed by atoms with Crippen LogP contribution in [-0.2, 0) is 14.3 Å². The second-order valence-electron chi connectivity index (χ2n) is 7.36. The van der Waals surface area contributed by atoms with Gasteiger partial charge in [-0.15, -0.1) is 10.2 Å². The molecule has 3 aliphatic rings. The SMILES string of the molecule is Cc1nnc(N2C(=O)C3=C(C(=O)C4CCCCC4O3)C2c2ccccc2F)s1. The molecule has 1 aromatic heterocycles. The number of ether oxygens (including phenoxy) is 1. The minimum absolute atomic E-state index is 0.0502. The maximum absolute atomic E-state index is 14.7. The summed E-state index contributed by atoms with van der Waals surface area (Å²) in [5.74, 6) is -1.24. The zero-order valence-electron chi connectivity index (χ0n) is 15.2. The number of anilines is 1. The number of Topliss-reactive ketones (excluding diaryl/α,β-unsaturated/α-hetero) is 1. The normalized spacial score (nSPS) is 26.9. The van der Waals surface area contributed by atoms with Crippen molar-refractivity contribution in [3.8, 4) is 0 Å². The van der Waals surface area contributed by atoms with Crippen LogP contribution in [0.4, 0.5) is 9.52 Å². The fraction of sp³-hybridized carbons (Fsp3) is 0.400. The Balaban J connectivity index is 1.68. The van der Waals surface area contributed by atoms with Gasteiger partial charge >= 0.3 is 0 Å². The molecule has 0 spiro atoms. The Hall–Kier alpha value is -2.61. The van der Waals surface area contributed by atoms with Crippen molar-refractivity contribution in [2.45, 2.75) is 44.8 Å². The van der Waals surface area contributed by atoms with Crippen LogP contribution in [0.15, 0.2) is 35.6 Å². The average Bonchev–Trinajstić information content (AvgIpc) is 3.24. The van der Waals surface area contributed by atoms with Crippen LogP contribution in [0.2, 0.25) is 0 Å². The quantitative estimate of drug-likeness (QED) is 0.773. The first-order valence-electron chi connectivity index (χ1n) is 9.39. The standard InChI is InChI=1S/C20H18FN3O3S/c1-10-22-23-20(28-10)24-16(11-6-2-4-8-13(11)21)15-17(25)12-7-3-5-9-14(12)27-18(15)19(24)26/h2,4,6,8,12,14,16H,3,5,7,9H2,1H3. The second kappa shape index (κ2) is 6.48. The van der Waals surface area contributed by atoms with Gasteiger partial charge in [0.25, 0.3) is 5.91 Å². The number of carbonyl (C=O) groups excluding carboxylic acids is 2. The Kier molecular flexibility index (Phi) is 4.04. The van der Waals surface area contributed by atoms with E-state index in [1.807, 2.05) is 0 Å². The monoisotopic (exact) mass is 399 g/mol. The predicted molar refractivity (Wildman–Crippen MR) is 100 cm³/mol. The lowest BCUT2D eigenvalue weighted by molar-refractivity contribution is -0.131. The van der Waals surface area contributed by atoms with Gasteiger partial charge in [0.15, 0.2) is 11.5 Å². The van der Waals surface area contributed by atoms with Gasteiger partial charge < -0.3 is 4.74 Å². The van der Waals surface area contributed by atoms with Crippen molar-refractivity contribution in [1.82, 2.24) is 10.2 Å². The lowest BCUT2D eigenvalue weighted by Crippen LogP contribution is -2.39. The molecule has 5 rings (SSSR count). The molecule has 1 fully saturated rings. The van der Waals surface area contributed by atoms with E-state index in [-0.39, 0.29) is 34.7 Å². The van der Waals surface area contributed by atoms with Gasteiger partial charge in [-0.2, -0.15) is 0 Å². The fourth-order valence-electron chi connectivity index (χ4n) is 4.42. The highest BCUT2D eigenvalue weighted by atomic mass is 32.1. The molecule has 3 atom stereocenters. The van der Waals surface area contributed by atoms with Crippen LogP contribution in [0.5, 0.6) is 0 Å². The largest absolute Gasteiger partial charge is 0.483 e. The van der Waals surface area contributed by atoms with Crippen molar-refractivity contribution in [3.63, 3.8) is 0 Å². The number of amides is 1. The zero-order chi connectivity index (χ0) is 19.4. The van der Waals surface area contributed by atoms with Crippen LogP contribution in [0.25, 0.3) is 0 Å². The third kappa shape index (κ3) is 2.51. The third-order valence-electron chi connectivity index (χ3n) is 5.68. The van der Waals surface area contributed by atoms with E-state index >= 15 is 0 Å². The number of nitrogens with zero attached hydrogens (tertiary/aromatic N) is 3. The van der Waals surface area contributed by atoms with E-state index in [4.69, 9.17) is 4.74 Å². The molecular weight excluding hydrogens is 381 g/mol. The van der Waals surface area contributed by atoms with Gasteiger partial charge in [-0.05, 0) is 32.3 Å². The lowest BCUT2D eigenvalue weighted by atomic mass is 9.77. The van der Waals surface area contributed by atoms with Crippen LogP contribution >= 0.6 is 11.3 Å². The van der Waals surface area contributed by atoms with Gasteiger partial charge in [0.2, 0.25) is 5.13 Å². The van der Waals surface area contributed by atoms with E-state index in [1.54, 1.807) is 25.1 Å². The van der Waals surface area contributed by atoms with Gasteiger partial charge in [-0.1, -0.05) is 36.0 Å². The molecule has 0 bridgehead atoms. The second-order valence-corrected chi connectivity index (χ2v) is 8.52. The van der Waals surface area contributed by atoms with Gasteiger partial charge in [0.1, 0.15) is 23.0 Å². The molecule has 28 heavy (non-hydrogen) atoms. The van der Waals surface area contributed by atoms with Crippen LogP contribution in [-0.4, -0.2) is 28.0 Å². The summed E-state index contributed by atoms with van der Waals surface area (Å²) in [4.78, 5) is 28.0. The molecule has 0 N–H and O–H groups in total. The number of aryl methyl sites for hydroxylation is 1. The number of hydrogen-bond donors (Lipinski definition) is 0. The van der Waals surface area contributed by atoms with Crippen molar-refractivity contribution in [1.29, 1.82) is 0 Å². The van der Waals surface area contributed by atoms with E-state index in [2.05, 4.69) is 10.2 Å². The highest BCUT2D eigenvalue weighted by molar-refractivity contribution is 7.15. The molecule has 2 aliphatic heterocycles. The summed E-state index contributed by atoms with van der Waals surface area (Å²) in [5, 5.41) is 9.10. The van der Waals surface area contributed by atoms with E-state index in [0.717, 1.165) is 25.7 Å². The topological polar surface area (TPSA) is 72.4 Å². The Bertz CT molecular complexity index is 1020. The Morgan fingerprint density at radius 3 is 2.71 bits per heavy atom. The molecule has 0 saturated heterocycles.